The van der Waals surface area contributed by atoms with Crippen LogP contribution in [0.1, 0.15) is 43.0 Å². The van der Waals surface area contributed by atoms with Crippen LogP contribution in [0.5, 0.6) is 0 Å². The topological polar surface area (TPSA) is 71.5 Å². The molecule has 0 spiro atoms. The third-order valence-corrected chi connectivity index (χ3v) is 4.70. The minimum absolute atomic E-state index is 0.0308. The average molecular weight is 331 g/mol. The van der Waals surface area contributed by atoms with Gasteiger partial charge in [0, 0.05) is 37.1 Å². The Morgan fingerprint density at radius 1 is 1.25 bits per heavy atom. The van der Waals surface area contributed by atoms with Crippen molar-refractivity contribution in [2.24, 2.45) is 5.92 Å². The van der Waals surface area contributed by atoms with Gasteiger partial charge in [-0.05, 0) is 50.7 Å². The number of carbonyl (C=O) groups is 2. The fraction of sp³-hybridized carbons (Fsp3) is 0.611. The van der Waals surface area contributed by atoms with Crippen molar-refractivity contribution in [2.45, 2.75) is 44.8 Å². The summed E-state index contributed by atoms with van der Waals surface area (Å²) in [5, 5.41) is 3.05. The van der Waals surface area contributed by atoms with E-state index in [2.05, 4.69) is 10.3 Å². The SMILES string of the molecule is CC(OCC1CC1)C(=O)NC1CCN(C(=O)c2ccncc2)CC1. The highest BCUT2D eigenvalue weighted by Gasteiger charge is 2.27. The third-order valence-electron chi connectivity index (χ3n) is 4.70. The summed E-state index contributed by atoms with van der Waals surface area (Å²) in [4.78, 5) is 30.3. The zero-order chi connectivity index (χ0) is 16.9. The second-order valence-electron chi connectivity index (χ2n) is 6.73. The average Bonchev–Trinajstić information content (AvgIpc) is 3.45. The Morgan fingerprint density at radius 3 is 2.54 bits per heavy atom. The molecule has 1 N–H and O–H groups in total. The first-order valence-electron chi connectivity index (χ1n) is 8.75. The van der Waals surface area contributed by atoms with E-state index in [1.54, 1.807) is 31.5 Å². The summed E-state index contributed by atoms with van der Waals surface area (Å²) in [6.45, 7) is 3.81. The zero-order valence-corrected chi connectivity index (χ0v) is 14.1. The molecule has 1 unspecified atom stereocenters. The van der Waals surface area contributed by atoms with Crippen LogP contribution in [0.15, 0.2) is 24.5 Å². The smallest absolute Gasteiger partial charge is 0.253 e. The molecule has 1 atom stereocenters. The molecule has 1 aromatic rings. The van der Waals surface area contributed by atoms with Gasteiger partial charge in [0.2, 0.25) is 5.91 Å². The largest absolute Gasteiger partial charge is 0.368 e. The molecule has 6 heteroatoms. The van der Waals surface area contributed by atoms with Gasteiger partial charge in [0.1, 0.15) is 6.10 Å². The van der Waals surface area contributed by atoms with Crippen molar-refractivity contribution in [1.82, 2.24) is 15.2 Å². The maximum absolute atomic E-state index is 12.4. The van der Waals surface area contributed by atoms with Crippen molar-refractivity contribution in [3.8, 4) is 0 Å². The maximum Gasteiger partial charge on any atom is 0.253 e. The summed E-state index contributed by atoms with van der Waals surface area (Å²) in [5.41, 5.74) is 0.662. The van der Waals surface area contributed by atoms with E-state index >= 15 is 0 Å². The number of nitrogens with zero attached hydrogens (tertiary/aromatic N) is 2. The Bertz CT molecular complexity index is 566. The lowest BCUT2D eigenvalue weighted by atomic mass is 10.0. The fourth-order valence-electron chi connectivity index (χ4n) is 2.86. The standard InChI is InChI=1S/C18H25N3O3/c1-13(24-12-14-2-3-14)17(22)20-16-6-10-21(11-7-16)18(23)15-4-8-19-9-5-15/h4-5,8-9,13-14,16H,2-3,6-7,10-12H2,1H3,(H,20,22). The van der Waals surface area contributed by atoms with Crippen LogP contribution in [-0.2, 0) is 9.53 Å². The van der Waals surface area contributed by atoms with E-state index in [0.717, 1.165) is 12.8 Å². The van der Waals surface area contributed by atoms with Gasteiger partial charge in [0.05, 0.1) is 6.61 Å². The Balaban J connectivity index is 1.41. The van der Waals surface area contributed by atoms with Crippen LogP contribution in [0, 0.1) is 5.92 Å². The number of carbonyl (C=O) groups excluding carboxylic acids is 2. The lowest BCUT2D eigenvalue weighted by Crippen LogP contribution is -2.48. The molecule has 1 saturated carbocycles. The molecule has 2 aliphatic rings. The molecule has 2 amide bonds. The minimum atomic E-state index is -0.401. The van der Waals surface area contributed by atoms with Crippen molar-refractivity contribution in [3.05, 3.63) is 30.1 Å². The first-order valence-corrected chi connectivity index (χ1v) is 8.75. The number of likely N-dealkylation sites (tertiary alicyclic amines) is 1. The van der Waals surface area contributed by atoms with Gasteiger partial charge in [-0.2, -0.15) is 0 Å². The summed E-state index contributed by atoms with van der Waals surface area (Å²) in [5.74, 6) is 0.639. The first-order chi connectivity index (χ1) is 11.6. The number of amides is 2. The molecule has 0 aromatic carbocycles. The maximum atomic E-state index is 12.4. The van der Waals surface area contributed by atoms with E-state index in [9.17, 15) is 9.59 Å². The Labute approximate surface area is 142 Å². The van der Waals surface area contributed by atoms with E-state index in [1.807, 2.05) is 4.90 Å². The summed E-state index contributed by atoms with van der Waals surface area (Å²) in [7, 11) is 0. The lowest BCUT2D eigenvalue weighted by Gasteiger charge is -2.33. The van der Waals surface area contributed by atoms with Gasteiger partial charge in [-0.15, -0.1) is 0 Å². The molecule has 3 rings (SSSR count). The minimum Gasteiger partial charge on any atom is -0.368 e. The summed E-state index contributed by atoms with van der Waals surface area (Å²) >= 11 is 0. The molecule has 130 valence electrons. The number of piperidine rings is 1. The fourth-order valence-corrected chi connectivity index (χ4v) is 2.86. The van der Waals surface area contributed by atoms with Gasteiger partial charge in [-0.3, -0.25) is 14.6 Å². The van der Waals surface area contributed by atoms with Crippen LogP contribution in [0.3, 0.4) is 0 Å². The monoisotopic (exact) mass is 331 g/mol. The number of pyridine rings is 1. The van der Waals surface area contributed by atoms with Crippen molar-refractivity contribution < 1.29 is 14.3 Å². The van der Waals surface area contributed by atoms with Gasteiger partial charge in [-0.25, -0.2) is 0 Å². The Kier molecular flexibility index (Phi) is 5.45. The number of nitrogens with one attached hydrogen (secondary N) is 1. The van der Waals surface area contributed by atoms with Crippen molar-refractivity contribution >= 4 is 11.8 Å². The van der Waals surface area contributed by atoms with Crippen molar-refractivity contribution in [1.29, 1.82) is 0 Å². The number of rotatable bonds is 6. The molecule has 0 radical (unpaired) electrons. The number of aromatic nitrogens is 1. The molecule has 1 aromatic heterocycles. The van der Waals surface area contributed by atoms with Crippen LogP contribution in [-0.4, -0.2) is 53.5 Å². The molecule has 24 heavy (non-hydrogen) atoms. The molecule has 1 saturated heterocycles. The van der Waals surface area contributed by atoms with E-state index in [0.29, 0.717) is 31.2 Å². The number of hydrogen-bond acceptors (Lipinski definition) is 4. The molecule has 1 aliphatic carbocycles. The normalized spacial score (nSPS) is 19.8. The van der Waals surface area contributed by atoms with E-state index in [4.69, 9.17) is 4.74 Å². The van der Waals surface area contributed by atoms with Gasteiger partial charge in [0.25, 0.3) is 5.91 Å². The number of hydrogen-bond donors (Lipinski definition) is 1. The van der Waals surface area contributed by atoms with Crippen molar-refractivity contribution in [2.75, 3.05) is 19.7 Å². The number of ether oxygens (including phenoxy) is 1. The molecular weight excluding hydrogens is 306 g/mol. The Morgan fingerprint density at radius 2 is 1.92 bits per heavy atom. The lowest BCUT2D eigenvalue weighted by molar-refractivity contribution is -0.133. The summed E-state index contributed by atoms with van der Waals surface area (Å²) in [6, 6.07) is 3.58. The highest BCUT2D eigenvalue weighted by Crippen LogP contribution is 2.29. The quantitative estimate of drug-likeness (QED) is 0.860. The van der Waals surface area contributed by atoms with Crippen LogP contribution in [0.4, 0.5) is 0 Å². The van der Waals surface area contributed by atoms with Gasteiger partial charge >= 0.3 is 0 Å². The van der Waals surface area contributed by atoms with Crippen LogP contribution >= 0.6 is 0 Å². The van der Waals surface area contributed by atoms with Crippen LogP contribution in [0.25, 0.3) is 0 Å². The predicted octanol–water partition coefficient (Wildman–Crippen LogP) is 1.62. The molecule has 2 heterocycles. The molecule has 0 bridgehead atoms. The molecular formula is C18H25N3O3. The molecule has 6 nitrogen and oxygen atoms in total. The third kappa shape index (κ3) is 4.54. The Hall–Kier alpha value is -1.95. The van der Waals surface area contributed by atoms with Crippen LogP contribution in [0.2, 0.25) is 0 Å². The highest BCUT2D eigenvalue weighted by molar-refractivity contribution is 5.94. The first kappa shape index (κ1) is 16.9. The predicted molar refractivity (Wildman–Crippen MR) is 89.4 cm³/mol. The second-order valence-corrected chi connectivity index (χ2v) is 6.73. The second kappa shape index (κ2) is 7.75. The van der Waals surface area contributed by atoms with Gasteiger partial charge in [0.15, 0.2) is 0 Å². The molecule has 2 fully saturated rings. The van der Waals surface area contributed by atoms with Gasteiger partial charge < -0.3 is 15.0 Å². The van der Waals surface area contributed by atoms with Crippen LogP contribution < -0.4 is 5.32 Å². The summed E-state index contributed by atoms with van der Waals surface area (Å²) in [6.07, 6.45) is 6.85. The summed E-state index contributed by atoms with van der Waals surface area (Å²) < 4.78 is 5.60. The zero-order valence-electron chi connectivity index (χ0n) is 14.1. The highest BCUT2D eigenvalue weighted by atomic mass is 16.5. The van der Waals surface area contributed by atoms with E-state index < -0.39 is 6.10 Å². The van der Waals surface area contributed by atoms with E-state index in [-0.39, 0.29) is 17.9 Å². The van der Waals surface area contributed by atoms with Crippen molar-refractivity contribution in [3.63, 3.8) is 0 Å². The van der Waals surface area contributed by atoms with Gasteiger partial charge in [-0.1, -0.05) is 0 Å². The van der Waals surface area contributed by atoms with E-state index in [1.165, 1.54) is 12.8 Å². The molecule has 1 aliphatic heterocycles.